The second kappa shape index (κ2) is 26.6. The van der Waals surface area contributed by atoms with E-state index in [9.17, 15) is 38.4 Å². The van der Waals surface area contributed by atoms with Gasteiger partial charge in [-0.15, -0.1) is 0 Å². The Kier molecular flexibility index (Phi) is 19.2. The van der Waals surface area contributed by atoms with Crippen LogP contribution >= 0.6 is 15.9 Å². The zero-order chi connectivity index (χ0) is 56.2. The summed E-state index contributed by atoms with van der Waals surface area (Å²) in [5.74, 6) is -1.87. The second-order valence-corrected chi connectivity index (χ2v) is 20.8. The Hall–Kier alpha value is -8.02. The maximum Gasteiger partial charge on any atom is 0.415 e. The van der Waals surface area contributed by atoms with Crippen molar-refractivity contribution < 1.29 is 47.8 Å². The lowest BCUT2D eigenvalue weighted by molar-refractivity contribution is -0.132. The lowest BCUT2D eigenvalue weighted by Gasteiger charge is -2.31. The van der Waals surface area contributed by atoms with Crippen molar-refractivity contribution in [2.24, 2.45) is 11.7 Å². The number of nitrogens with one attached hydrogen (secondary N) is 7. The van der Waals surface area contributed by atoms with Crippen LogP contribution in [0.4, 0.5) is 26.7 Å². The standard InChI is InChI=1S/C56H67BrN12O10/c1-34(2)50(60-21-20-59-47(70)11-7-22-68-33-78-27-18-48(68)71)53(74)65-43(10-6-19-61-55(58)76)52(73)62-38-14-12-35(13-15-38)51(72)63-39-16-17-42-36(28-39)29-44(64-42)54(75)69-32-37(31-57)49-41-9-5-4-8-40(41)46(30-45(49)69)79-56(77)67-25-23-66(3)24-26-67/h4-5,8-9,12-18,27-30,34,37,43,50,60,64H,6-7,10-11,19-26,31-33H2,1-3H3,(H,59,70)(H,62,73)(H,63,72)(H,65,74)(H3,58,61,76)/t37-,43+,50+/m1/s1. The van der Waals surface area contributed by atoms with Gasteiger partial charge in [0.2, 0.25) is 17.7 Å². The van der Waals surface area contributed by atoms with Crippen LogP contribution in [0.1, 0.15) is 71.9 Å². The summed E-state index contributed by atoms with van der Waals surface area (Å²) in [5, 5.41) is 20.1. The van der Waals surface area contributed by atoms with E-state index in [1.54, 1.807) is 64.4 Å². The molecule has 0 unspecified atom stereocenters. The van der Waals surface area contributed by atoms with Crippen LogP contribution in [0, 0.1) is 5.92 Å². The molecule has 79 heavy (non-hydrogen) atoms. The number of fused-ring (bicyclic) bond motifs is 4. The highest BCUT2D eigenvalue weighted by atomic mass is 79.9. The van der Waals surface area contributed by atoms with Crippen molar-refractivity contribution in [3.05, 3.63) is 108 Å². The van der Waals surface area contributed by atoms with Crippen molar-refractivity contribution in [3.63, 3.8) is 0 Å². The molecule has 8 rings (SSSR count). The number of amides is 9. The van der Waals surface area contributed by atoms with Crippen molar-refractivity contribution in [1.29, 1.82) is 0 Å². The Balaban J connectivity index is 0.869. The highest BCUT2D eigenvalue weighted by molar-refractivity contribution is 9.09. The number of H-pyrrole nitrogens is 1. The molecule has 0 saturated carbocycles. The number of carbonyl (C=O) groups excluding carboxylic acids is 8. The van der Waals surface area contributed by atoms with E-state index < -0.39 is 41.9 Å². The monoisotopic (exact) mass is 1150 g/mol. The summed E-state index contributed by atoms with van der Waals surface area (Å²) in [6, 6.07) is 20.4. The van der Waals surface area contributed by atoms with Crippen LogP contribution in [0.3, 0.4) is 0 Å². The number of urea groups is 1. The molecule has 23 heteroatoms. The van der Waals surface area contributed by atoms with Crippen molar-refractivity contribution >= 4 is 102 Å². The number of anilines is 3. The van der Waals surface area contributed by atoms with Crippen molar-refractivity contribution in [2.75, 3.05) is 93.5 Å². The predicted octanol–water partition coefficient (Wildman–Crippen LogP) is 5.17. The van der Waals surface area contributed by atoms with Gasteiger partial charge in [0, 0.05) is 122 Å². The number of aromatic amines is 1. The van der Waals surface area contributed by atoms with E-state index in [0.717, 1.165) is 29.4 Å². The Bertz CT molecular complexity index is 3100. The highest BCUT2D eigenvalue weighted by Gasteiger charge is 2.36. The van der Waals surface area contributed by atoms with E-state index in [1.807, 2.05) is 45.2 Å². The number of nitrogens with zero attached hydrogens (tertiary/aromatic N) is 4. The summed E-state index contributed by atoms with van der Waals surface area (Å²) in [5.41, 5.74) is 9.06. The van der Waals surface area contributed by atoms with Gasteiger partial charge >= 0.3 is 12.1 Å². The van der Waals surface area contributed by atoms with E-state index in [-0.39, 0.29) is 68.8 Å². The third kappa shape index (κ3) is 14.6. The number of likely N-dealkylation sites (N-methyl/N-ethyl adjacent to an activating group) is 1. The Morgan fingerprint density at radius 2 is 1.59 bits per heavy atom. The first-order valence-corrected chi connectivity index (χ1v) is 27.5. The molecule has 5 aromatic rings. The molecule has 0 aliphatic carbocycles. The lowest BCUT2D eigenvalue weighted by atomic mass is 9.95. The largest absolute Gasteiger partial charge is 0.480 e. The molecule has 4 heterocycles. The normalized spacial score (nSPS) is 16.0. The van der Waals surface area contributed by atoms with Crippen molar-refractivity contribution in [2.45, 2.75) is 57.5 Å². The summed E-state index contributed by atoms with van der Waals surface area (Å²) in [7, 11) is 2.02. The molecular formula is C56H67BrN12O10. The summed E-state index contributed by atoms with van der Waals surface area (Å²) in [6.07, 6.45) is 3.37. The number of primary amides is 1. The van der Waals surface area contributed by atoms with Gasteiger partial charge in [0.05, 0.1) is 18.0 Å². The second-order valence-electron chi connectivity index (χ2n) is 20.1. The molecule has 0 bridgehead atoms. The molecule has 3 atom stereocenters. The van der Waals surface area contributed by atoms with E-state index in [0.29, 0.717) is 89.3 Å². The third-order valence-corrected chi connectivity index (χ3v) is 14.9. The number of hydrogen-bond donors (Lipinski definition) is 8. The first-order valence-electron chi connectivity index (χ1n) is 26.4. The van der Waals surface area contributed by atoms with Gasteiger partial charge in [-0.25, -0.2) is 9.59 Å². The Labute approximate surface area is 465 Å². The minimum absolute atomic E-state index is 0.0279. The molecule has 4 aromatic carbocycles. The van der Waals surface area contributed by atoms with Gasteiger partial charge < -0.3 is 71.7 Å². The fourth-order valence-electron chi connectivity index (χ4n) is 9.78. The van der Waals surface area contributed by atoms with Crippen LogP contribution in [0.25, 0.3) is 21.7 Å². The number of carbonyl (C=O) groups is 8. The number of halogens is 1. The zero-order valence-corrected chi connectivity index (χ0v) is 46.0. The molecule has 1 aromatic heterocycles. The van der Waals surface area contributed by atoms with Crippen LogP contribution in [0.5, 0.6) is 5.75 Å². The van der Waals surface area contributed by atoms with E-state index in [4.69, 9.17) is 15.2 Å². The predicted molar refractivity (Wildman–Crippen MR) is 303 cm³/mol. The molecule has 1 saturated heterocycles. The van der Waals surface area contributed by atoms with Crippen LogP contribution in [-0.4, -0.2) is 157 Å². The number of aromatic nitrogens is 1. The molecule has 9 amide bonds. The molecule has 0 spiro atoms. The minimum Gasteiger partial charge on any atom is -0.480 e. The van der Waals surface area contributed by atoms with Crippen LogP contribution < -0.4 is 47.3 Å². The van der Waals surface area contributed by atoms with Gasteiger partial charge in [0.25, 0.3) is 17.7 Å². The van der Waals surface area contributed by atoms with Crippen LogP contribution in [-0.2, 0) is 23.9 Å². The summed E-state index contributed by atoms with van der Waals surface area (Å²) >= 11 is 3.68. The topological polar surface area (TPSA) is 282 Å². The fourth-order valence-corrected chi connectivity index (χ4v) is 10.3. The van der Waals surface area contributed by atoms with E-state index >= 15 is 0 Å². The number of piperazine rings is 1. The first-order chi connectivity index (χ1) is 38.1. The van der Waals surface area contributed by atoms with Crippen molar-refractivity contribution in [1.82, 2.24) is 41.0 Å². The lowest BCUT2D eigenvalue weighted by Crippen LogP contribution is -2.54. The summed E-state index contributed by atoms with van der Waals surface area (Å²) < 4.78 is 11.2. The van der Waals surface area contributed by atoms with E-state index in [2.05, 4.69) is 57.7 Å². The zero-order valence-electron chi connectivity index (χ0n) is 44.4. The quantitative estimate of drug-likeness (QED) is 0.0329. The van der Waals surface area contributed by atoms with Gasteiger partial charge in [-0.05, 0) is 91.7 Å². The smallest absolute Gasteiger partial charge is 0.415 e. The number of alkyl halides is 1. The number of hydrogen-bond acceptors (Lipinski definition) is 12. The molecule has 3 aliphatic rings. The molecule has 3 aliphatic heterocycles. The van der Waals surface area contributed by atoms with Gasteiger partial charge in [-0.2, -0.15) is 0 Å². The Morgan fingerprint density at radius 1 is 0.848 bits per heavy atom. The molecule has 1 fully saturated rings. The summed E-state index contributed by atoms with van der Waals surface area (Å²) in [6.45, 7) is 7.89. The minimum atomic E-state index is -1.02. The maximum atomic E-state index is 14.5. The third-order valence-electron chi connectivity index (χ3n) is 14.1. The molecule has 22 nitrogen and oxygen atoms in total. The Morgan fingerprint density at radius 3 is 2.32 bits per heavy atom. The van der Waals surface area contributed by atoms with Gasteiger partial charge in [0.15, 0.2) is 6.73 Å². The van der Waals surface area contributed by atoms with Gasteiger partial charge in [0.1, 0.15) is 17.5 Å². The highest BCUT2D eigenvalue weighted by Crippen LogP contribution is 2.46. The SMILES string of the molecule is CC(C)[C@H](NCCNC(=O)CCCN1COC=CC1=O)C(=O)N[C@@H](CCCNC(N)=O)C(=O)Nc1ccc(C(=O)Nc2ccc3[nH]c(C(=O)N4C[C@@H](CBr)c5c4cc(OC(=O)N4CCN(C)CC4)c4ccccc54)cc3c2)cc1. The average molecular weight is 1150 g/mol. The van der Waals surface area contributed by atoms with Crippen molar-refractivity contribution in [3.8, 4) is 5.75 Å². The summed E-state index contributed by atoms with van der Waals surface area (Å²) in [4.78, 5) is 115. The van der Waals surface area contributed by atoms with Gasteiger partial charge in [-0.1, -0.05) is 54.0 Å². The molecule has 418 valence electrons. The molecular weight excluding hydrogens is 1080 g/mol. The number of ether oxygens (including phenoxy) is 2. The first kappa shape index (κ1) is 57.2. The average Bonchev–Trinajstić information content (AvgIpc) is 4.04. The number of benzene rings is 4. The van der Waals surface area contributed by atoms with Gasteiger partial charge in [-0.3, -0.25) is 28.8 Å². The van der Waals surface area contributed by atoms with Crippen LogP contribution in [0.2, 0.25) is 0 Å². The van der Waals surface area contributed by atoms with E-state index in [1.165, 1.54) is 17.2 Å². The van der Waals surface area contributed by atoms with Crippen LogP contribution in [0.15, 0.2) is 91.2 Å². The maximum absolute atomic E-state index is 14.5. The molecule has 0 radical (unpaired) electrons. The fraction of sp³-hybridized carbons (Fsp3) is 0.393. The number of nitrogens with two attached hydrogens (primary N) is 1. The molecule has 9 N–H and O–H groups in total. The number of rotatable bonds is 22.